The molecule has 1 N–H and O–H groups in total. The Balaban J connectivity index is 2.05. The van der Waals surface area contributed by atoms with Crippen LogP contribution in [0.2, 0.25) is 10.0 Å². The number of halogens is 2. The third-order valence-corrected chi connectivity index (χ3v) is 6.31. The Morgan fingerprint density at radius 3 is 2.26 bits per heavy atom. The second-order valence-electron chi connectivity index (χ2n) is 8.92. The highest BCUT2D eigenvalue weighted by Gasteiger charge is 2.33. The molecule has 1 unspecified atom stereocenters. The van der Waals surface area contributed by atoms with Crippen molar-refractivity contribution in [2.45, 2.75) is 59.0 Å². The minimum atomic E-state index is -0.648. The highest BCUT2D eigenvalue weighted by molar-refractivity contribution is 6.36. The topological polar surface area (TPSA) is 69.7 Å². The summed E-state index contributed by atoms with van der Waals surface area (Å²) < 4.78 is 0. The van der Waals surface area contributed by atoms with Crippen LogP contribution in [-0.4, -0.2) is 59.7 Å². The molecular weight excluding hydrogens is 437 g/mol. The van der Waals surface area contributed by atoms with Crippen LogP contribution in [0.4, 0.5) is 0 Å². The van der Waals surface area contributed by atoms with Crippen LogP contribution >= 0.6 is 23.2 Å². The van der Waals surface area contributed by atoms with Crippen molar-refractivity contribution in [3.05, 3.63) is 33.8 Å². The Morgan fingerprint density at radius 1 is 1.13 bits per heavy atom. The number of hydrogen-bond acceptors (Lipinski definition) is 3. The maximum Gasteiger partial charge on any atom is 0.253 e. The molecule has 0 aromatic heterocycles. The molecule has 2 rings (SSSR count). The molecule has 0 aliphatic carbocycles. The molecule has 172 valence electrons. The van der Waals surface area contributed by atoms with Crippen molar-refractivity contribution in [1.29, 1.82) is 0 Å². The fourth-order valence-electron chi connectivity index (χ4n) is 3.71. The fraction of sp³-hybridized carbons (Fsp3) is 0.609. The predicted molar refractivity (Wildman–Crippen MR) is 124 cm³/mol. The standard InChI is InChI=1S/C23H33Cl2N3O3/c1-14(2)12-20(26-21(29)18-7-6-17(24)13-19(18)25)23(31)28-10-8-16(9-11-28)22(30)27(5)15(3)4/h6-7,13-16,20H,8-12H2,1-5H3,(H,26,29). The van der Waals surface area contributed by atoms with Gasteiger partial charge in [0.05, 0.1) is 10.6 Å². The second kappa shape index (κ2) is 11.2. The van der Waals surface area contributed by atoms with Crippen molar-refractivity contribution in [2.75, 3.05) is 20.1 Å². The number of likely N-dealkylation sites (tertiary alicyclic amines) is 1. The van der Waals surface area contributed by atoms with Crippen molar-refractivity contribution in [1.82, 2.24) is 15.1 Å². The van der Waals surface area contributed by atoms with Gasteiger partial charge in [-0.15, -0.1) is 0 Å². The smallest absolute Gasteiger partial charge is 0.253 e. The number of hydrogen-bond donors (Lipinski definition) is 1. The molecule has 1 aliphatic rings. The van der Waals surface area contributed by atoms with E-state index in [1.54, 1.807) is 21.9 Å². The Morgan fingerprint density at radius 2 is 1.74 bits per heavy atom. The number of rotatable bonds is 7. The lowest BCUT2D eigenvalue weighted by Crippen LogP contribution is -2.52. The van der Waals surface area contributed by atoms with E-state index in [4.69, 9.17) is 23.2 Å². The van der Waals surface area contributed by atoms with E-state index in [-0.39, 0.29) is 40.3 Å². The summed E-state index contributed by atoms with van der Waals surface area (Å²) in [4.78, 5) is 42.1. The molecule has 0 saturated carbocycles. The van der Waals surface area contributed by atoms with Crippen molar-refractivity contribution in [3.63, 3.8) is 0 Å². The summed E-state index contributed by atoms with van der Waals surface area (Å²) >= 11 is 12.1. The Kier molecular flexibility index (Phi) is 9.19. The van der Waals surface area contributed by atoms with Gasteiger partial charge >= 0.3 is 0 Å². The summed E-state index contributed by atoms with van der Waals surface area (Å²) in [6.45, 7) is 9.01. The molecular formula is C23H33Cl2N3O3. The molecule has 1 aliphatic heterocycles. The molecule has 1 saturated heterocycles. The van der Waals surface area contributed by atoms with Crippen LogP contribution in [0, 0.1) is 11.8 Å². The molecule has 0 bridgehead atoms. The highest BCUT2D eigenvalue weighted by Crippen LogP contribution is 2.23. The third kappa shape index (κ3) is 6.84. The molecule has 8 heteroatoms. The minimum Gasteiger partial charge on any atom is -0.343 e. The molecule has 1 fully saturated rings. The van der Waals surface area contributed by atoms with Gasteiger partial charge in [0, 0.05) is 37.1 Å². The molecule has 1 aromatic carbocycles. The van der Waals surface area contributed by atoms with Crippen molar-refractivity contribution < 1.29 is 14.4 Å². The zero-order chi connectivity index (χ0) is 23.3. The fourth-order valence-corrected chi connectivity index (χ4v) is 4.21. The van der Waals surface area contributed by atoms with E-state index >= 15 is 0 Å². The maximum atomic E-state index is 13.2. The van der Waals surface area contributed by atoms with Gasteiger partial charge in [-0.2, -0.15) is 0 Å². The van der Waals surface area contributed by atoms with Gasteiger partial charge < -0.3 is 15.1 Å². The Labute approximate surface area is 195 Å². The first kappa shape index (κ1) is 25.5. The Bertz CT molecular complexity index is 805. The number of carbonyl (C=O) groups excluding carboxylic acids is 3. The van der Waals surface area contributed by atoms with E-state index in [0.29, 0.717) is 37.4 Å². The van der Waals surface area contributed by atoms with Crippen LogP contribution in [0.15, 0.2) is 18.2 Å². The summed E-state index contributed by atoms with van der Waals surface area (Å²) in [6, 6.07) is 4.16. The van der Waals surface area contributed by atoms with Crippen LogP contribution in [-0.2, 0) is 9.59 Å². The normalized spacial score (nSPS) is 15.8. The van der Waals surface area contributed by atoms with Crippen LogP contribution in [0.5, 0.6) is 0 Å². The highest BCUT2D eigenvalue weighted by atomic mass is 35.5. The van der Waals surface area contributed by atoms with Crippen molar-refractivity contribution >= 4 is 40.9 Å². The molecule has 1 heterocycles. The van der Waals surface area contributed by atoms with Gasteiger partial charge in [-0.25, -0.2) is 0 Å². The first-order valence-corrected chi connectivity index (χ1v) is 11.6. The van der Waals surface area contributed by atoms with Crippen molar-refractivity contribution in [2.24, 2.45) is 11.8 Å². The van der Waals surface area contributed by atoms with E-state index in [0.717, 1.165) is 0 Å². The molecule has 1 atom stereocenters. The zero-order valence-corrected chi connectivity index (χ0v) is 20.5. The summed E-state index contributed by atoms with van der Waals surface area (Å²) in [7, 11) is 1.82. The molecule has 1 aromatic rings. The lowest BCUT2D eigenvalue weighted by molar-refractivity contribution is -0.141. The second-order valence-corrected chi connectivity index (χ2v) is 9.77. The van der Waals surface area contributed by atoms with Gasteiger partial charge in [0.25, 0.3) is 5.91 Å². The van der Waals surface area contributed by atoms with Gasteiger partial charge in [-0.1, -0.05) is 37.0 Å². The van der Waals surface area contributed by atoms with E-state index in [1.165, 1.54) is 6.07 Å². The van der Waals surface area contributed by atoms with Crippen LogP contribution in [0.25, 0.3) is 0 Å². The average Bonchev–Trinajstić information content (AvgIpc) is 2.71. The van der Waals surface area contributed by atoms with Gasteiger partial charge in [0.2, 0.25) is 11.8 Å². The molecule has 6 nitrogen and oxygen atoms in total. The molecule has 0 radical (unpaired) electrons. The van der Waals surface area contributed by atoms with E-state index < -0.39 is 11.9 Å². The predicted octanol–water partition coefficient (Wildman–Crippen LogP) is 4.24. The van der Waals surface area contributed by atoms with Gasteiger partial charge in [0.1, 0.15) is 6.04 Å². The summed E-state index contributed by atoms with van der Waals surface area (Å²) in [6.07, 6.45) is 1.78. The third-order valence-electron chi connectivity index (χ3n) is 5.76. The van der Waals surface area contributed by atoms with E-state index in [2.05, 4.69) is 5.32 Å². The monoisotopic (exact) mass is 469 g/mol. The zero-order valence-electron chi connectivity index (χ0n) is 19.0. The summed E-state index contributed by atoms with van der Waals surface area (Å²) in [5.74, 6) is -0.234. The van der Waals surface area contributed by atoms with Gasteiger partial charge in [-0.3, -0.25) is 14.4 Å². The maximum absolute atomic E-state index is 13.2. The van der Waals surface area contributed by atoms with Crippen molar-refractivity contribution in [3.8, 4) is 0 Å². The minimum absolute atomic E-state index is 0.0672. The largest absolute Gasteiger partial charge is 0.343 e. The van der Waals surface area contributed by atoms with Crippen LogP contribution in [0.1, 0.15) is 57.3 Å². The number of benzene rings is 1. The summed E-state index contributed by atoms with van der Waals surface area (Å²) in [5, 5.41) is 3.54. The first-order chi connectivity index (χ1) is 14.5. The number of carbonyl (C=O) groups is 3. The SMILES string of the molecule is CC(C)CC(NC(=O)c1ccc(Cl)cc1Cl)C(=O)N1CCC(C(=O)N(C)C(C)C)CC1. The lowest BCUT2D eigenvalue weighted by Gasteiger charge is -2.36. The molecule has 3 amide bonds. The van der Waals surface area contributed by atoms with Gasteiger partial charge in [0.15, 0.2) is 0 Å². The number of piperidine rings is 1. The van der Waals surface area contributed by atoms with Crippen LogP contribution < -0.4 is 5.32 Å². The molecule has 0 spiro atoms. The van der Waals surface area contributed by atoms with Crippen LogP contribution in [0.3, 0.4) is 0 Å². The molecule has 31 heavy (non-hydrogen) atoms. The average molecular weight is 470 g/mol. The number of nitrogens with zero attached hydrogens (tertiary/aromatic N) is 2. The van der Waals surface area contributed by atoms with E-state index in [9.17, 15) is 14.4 Å². The quantitative estimate of drug-likeness (QED) is 0.648. The number of nitrogens with one attached hydrogen (secondary N) is 1. The summed E-state index contributed by atoms with van der Waals surface area (Å²) in [5.41, 5.74) is 0.286. The van der Waals surface area contributed by atoms with E-state index in [1.807, 2.05) is 34.7 Å². The lowest BCUT2D eigenvalue weighted by atomic mass is 9.93. The first-order valence-electron chi connectivity index (χ1n) is 10.8. The Hall–Kier alpha value is -1.79. The number of amides is 3. The van der Waals surface area contributed by atoms with Gasteiger partial charge in [-0.05, 0) is 57.2 Å².